The van der Waals surface area contributed by atoms with E-state index in [1.807, 2.05) is 48.5 Å². The second-order valence-corrected chi connectivity index (χ2v) is 7.79. The third kappa shape index (κ3) is 4.16. The van der Waals surface area contributed by atoms with Crippen molar-refractivity contribution in [3.8, 4) is 0 Å². The largest absolute Gasteiger partial charge is 0.322 e. The molecule has 4 heteroatoms. The molecular weight excluding hydrogens is 360 g/mol. The van der Waals surface area contributed by atoms with Gasteiger partial charge in [0.15, 0.2) is 0 Å². The molecule has 0 bridgehead atoms. The molecule has 1 aliphatic rings. The summed E-state index contributed by atoms with van der Waals surface area (Å²) in [4.78, 5) is 26.1. The lowest BCUT2D eigenvalue weighted by Crippen LogP contribution is -2.30. The zero-order valence-corrected chi connectivity index (χ0v) is 16.6. The van der Waals surface area contributed by atoms with E-state index in [0.717, 1.165) is 22.9 Å². The van der Waals surface area contributed by atoms with Crippen molar-refractivity contribution in [2.45, 2.75) is 38.6 Å². The maximum absolute atomic E-state index is 13.2. The molecule has 29 heavy (non-hydrogen) atoms. The van der Waals surface area contributed by atoms with Gasteiger partial charge in [-0.05, 0) is 47.6 Å². The predicted molar refractivity (Wildman–Crippen MR) is 119 cm³/mol. The number of anilines is 1. The van der Waals surface area contributed by atoms with E-state index in [1.54, 1.807) is 16.7 Å². The number of carbonyl (C=O) groups excluding carboxylic acids is 1. The SMILES string of the molecule is C=Cc1ccc(NC(=O)c2cc3ccccc3n(CCC3CCCC3)c2=O)cc1. The third-order valence-corrected chi connectivity index (χ3v) is 5.89. The van der Waals surface area contributed by atoms with Gasteiger partial charge in [-0.3, -0.25) is 9.59 Å². The van der Waals surface area contributed by atoms with Crippen LogP contribution in [0, 0.1) is 5.92 Å². The van der Waals surface area contributed by atoms with Crippen LogP contribution in [0.2, 0.25) is 0 Å². The fraction of sp³-hybridized carbons (Fsp3) is 0.280. The molecule has 0 atom stereocenters. The average Bonchev–Trinajstić information content (AvgIpc) is 3.27. The quantitative estimate of drug-likeness (QED) is 0.610. The van der Waals surface area contributed by atoms with Crippen molar-refractivity contribution >= 4 is 28.6 Å². The van der Waals surface area contributed by atoms with Gasteiger partial charge in [0.05, 0.1) is 5.52 Å². The number of benzene rings is 2. The number of amides is 1. The lowest BCUT2D eigenvalue weighted by molar-refractivity contribution is 0.102. The summed E-state index contributed by atoms with van der Waals surface area (Å²) in [5.74, 6) is 0.309. The van der Waals surface area contributed by atoms with Crippen LogP contribution < -0.4 is 10.9 Å². The molecule has 1 saturated carbocycles. The highest BCUT2D eigenvalue weighted by atomic mass is 16.2. The summed E-state index contributed by atoms with van der Waals surface area (Å²) in [6, 6.07) is 16.9. The van der Waals surface area contributed by atoms with Crippen LogP contribution in [0.5, 0.6) is 0 Å². The van der Waals surface area contributed by atoms with Crippen molar-refractivity contribution in [1.29, 1.82) is 0 Å². The minimum atomic E-state index is -0.373. The molecular formula is C25H26N2O2. The van der Waals surface area contributed by atoms with Crippen LogP contribution in [-0.2, 0) is 6.54 Å². The molecule has 0 saturated heterocycles. The zero-order chi connectivity index (χ0) is 20.2. The Bertz CT molecular complexity index is 1090. The maximum Gasteiger partial charge on any atom is 0.263 e. The van der Waals surface area contributed by atoms with Gasteiger partial charge in [-0.1, -0.05) is 68.7 Å². The molecule has 3 aromatic rings. The summed E-state index contributed by atoms with van der Waals surface area (Å²) in [5.41, 5.74) is 2.49. The normalized spacial score (nSPS) is 14.2. The number of carbonyl (C=O) groups is 1. The molecule has 1 amide bonds. The van der Waals surface area contributed by atoms with E-state index in [0.29, 0.717) is 18.2 Å². The van der Waals surface area contributed by atoms with Gasteiger partial charge in [-0.25, -0.2) is 0 Å². The number of rotatable bonds is 6. The van der Waals surface area contributed by atoms with Crippen LogP contribution in [0.3, 0.4) is 0 Å². The van der Waals surface area contributed by atoms with Gasteiger partial charge in [0.1, 0.15) is 5.56 Å². The third-order valence-electron chi connectivity index (χ3n) is 5.89. The Morgan fingerprint density at radius 2 is 1.83 bits per heavy atom. The van der Waals surface area contributed by atoms with Gasteiger partial charge in [0.25, 0.3) is 11.5 Å². The maximum atomic E-state index is 13.2. The number of nitrogens with one attached hydrogen (secondary N) is 1. The van der Waals surface area contributed by atoms with E-state index in [9.17, 15) is 9.59 Å². The van der Waals surface area contributed by atoms with Crippen molar-refractivity contribution < 1.29 is 4.79 Å². The summed E-state index contributed by atoms with van der Waals surface area (Å²) in [5, 5.41) is 3.76. The first-order chi connectivity index (χ1) is 14.2. The first-order valence-corrected chi connectivity index (χ1v) is 10.3. The fourth-order valence-corrected chi connectivity index (χ4v) is 4.22. The van der Waals surface area contributed by atoms with E-state index >= 15 is 0 Å². The van der Waals surface area contributed by atoms with Crippen molar-refractivity contribution in [2.75, 3.05) is 5.32 Å². The monoisotopic (exact) mass is 386 g/mol. The molecule has 0 aliphatic heterocycles. The summed E-state index contributed by atoms with van der Waals surface area (Å²) in [7, 11) is 0. The van der Waals surface area contributed by atoms with Crippen molar-refractivity contribution in [1.82, 2.24) is 4.57 Å². The Kier molecular flexibility index (Phi) is 5.61. The van der Waals surface area contributed by atoms with Gasteiger partial charge >= 0.3 is 0 Å². The van der Waals surface area contributed by atoms with Crippen molar-refractivity contribution in [3.05, 3.63) is 82.7 Å². The Hall–Kier alpha value is -3.14. The van der Waals surface area contributed by atoms with Crippen LogP contribution in [0.15, 0.2) is 66.0 Å². The van der Waals surface area contributed by atoms with Crippen LogP contribution in [-0.4, -0.2) is 10.5 Å². The van der Waals surface area contributed by atoms with Crippen LogP contribution in [0.4, 0.5) is 5.69 Å². The molecule has 0 radical (unpaired) electrons. The molecule has 0 unspecified atom stereocenters. The van der Waals surface area contributed by atoms with Crippen LogP contribution in [0.25, 0.3) is 17.0 Å². The molecule has 1 aromatic heterocycles. The Morgan fingerprint density at radius 3 is 2.55 bits per heavy atom. The second kappa shape index (κ2) is 8.48. The number of hydrogen-bond donors (Lipinski definition) is 1. The van der Waals surface area contributed by atoms with Crippen molar-refractivity contribution in [2.24, 2.45) is 5.92 Å². The summed E-state index contributed by atoms with van der Waals surface area (Å²) in [6.45, 7) is 4.39. The highest BCUT2D eigenvalue weighted by molar-refractivity contribution is 6.05. The van der Waals surface area contributed by atoms with E-state index in [1.165, 1.54) is 25.7 Å². The summed E-state index contributed by atoms with van der Waals surface area (Å²) >= 11 is 0. The smallest absolute Gasteiger partial charge is 0.263 e. The molecule has 4 rings (SSSR count). The highest BCUT2D eigenvalue weighted by Gasteiger charge is 2.19. The number of hydrogen-bond acceptors (Lipinski definition) is 2. The van der Waals surface area contributed by atoms with Gasteiger partial charge in [-0.2, -0.15) is 0 Å². The van der Waals surface area contributed by atoms with E-state index in [2.05, 4.69) is 11.9 Å². The number of para-hydroxylation sites is 1. The summed E-state index contributed by atoms with van der Waals surface area (Å²) in [6.07, 6.45) is 7.79. The second-order valence-electron chi connectivity index (χ2n) is 7.79. The topological polar surface area (TPSA) is 51.1 Å². The number of pyridine rings is 1. The molecule has 1 fully saturated rings. The van der Waals surface area contributed by atoms with Gasteiger partial charge < -0.3 is 9.88 Å². The zero-order valence-electron chi connectivity index (χ0n) is 16.6. The minimum absolute atomic E-state index is 0.183. The van der Waals surface area contributed by atoms with Crippen LogP contribution in [0.1, 0.15) is 48.0 Å². The molecule has 148 valence electrons. The van der Waals surface area contributed by atoms with Crippen molar-refractivity contribution in [3.63, 3.8) is 0 Å². The van der Waals surface area contributed by atoms with Crippen LogP contribution >= 0.6 is 0 Å². The van der Waals surface area contributed by atoms with E-state index in [4.69, 9.17) is 0 Å². The predicted octanol–water partition coefficient (Wildman–Crippen LogP) is 5.48. The van der Waals surface area contributed by atoms with E-state index < -0.39 is 0 Å². The molecule has 4 nitrogen and oxygen atoms in total. The molecule has 1 heterocycles. The number of aromatic nitrogens is 1. The average molecular weight is 386 g/mol. The fourth-order valence-electron chi connectivity index (χ4n) is 4.22. The first-order valence-electron chi connectivity index (χ1n) is 10.3. The lowest BCUT2D eigenvalue weighted by atomic mass is 10.0. The molecule has 1 N–H and O–H groups in total. The Morgan fingerprint density at radius 1 is 1.10 bits per heavy atom. The van der Waals surface area contributed by atoms with Gasteiger partial charge in [-0.15, -0.1) is 0 Å². The highest BCUT2D eigenvalue weighted by Crippen LogP contribution is 2.28. The van der Waals surface area contributed by atoms with Gasteiger partial charge in [0, 0.05) is 12.2 Å². The molecule has 0 spiro atoms. The molecule has 2 aromatic carbocycles. The Labute approximate surface area is 170 Å². The standard InChI is InChI=1S/C25H26N2O2/c1-2-18-11-13-21(14-12-18)26-24(28)22-17-20-9-5-6-10-23(20)27(25(22)29)16-15-19-7-3-4-8-19/h2,5-6,9-14,17,19H,1,3-4,7-8,15-16H2,(H,26,28). The Balaban J connectivity index is 1.65. The first kappa shape index (κ1) is 19.2. The number of nitrogens with zero attached hydrogens (tertiary/aromatic N) is 1. The minimum Gasteiger partial charge on any atom is -0.322 e. The van der Waals surface area contributed by atoms with E-state index in [-0.39, 0.29) is 17.0 Å². The molecule has 1 aliphatic carbocycles. The number of aryl methyl sites for hydroxylation is 1. The lowest BCUT2D eigenvalue weighted by Gasteiger charge is -2.15. The summed E-state index contributed by atoms with van der Waals surface area (Å²) < 4.78 is 1.78. The number of fused-ring (bicyclic) bond motifs is 1. The van der Waals surface area contributed by atoms with Gasteiger partial charge in [0.2, 0.25) is 0 Å².